The first kappa shape index (κ1) is 29.7. The van der Waals surface area contributed by atoms with Crippen LogP contribution in [0.3, 0.4) is 0 Å². The van der Waals surface area contributed by atoms with E-state index in [-0.39, 0.29) is 35.5 Å². The van der Waals surface area contributed by atoms with Gasteiger partial charge in [-0.05, 0) is 38.8 Å². The Morgan fingerprint density at radius 3 is 2.58 bits per heavy atom. The van der Waals surface area contributed by atoms with E-state index in [2.05, 4.69) is 20.0 Å². The molecule has 2 aliphatic rings. The molecule has 40 heavy (non-hydrogen) atoms. The molecule has 0 radical (unpaired) electrons. The highest BCUT2D eigenvalue weighted by Crippen LogP contribution is 2.41. The number of sulfonamides is 1. The van der Waals surface area contributed by atoms with Crippen LogP contribution in [0.25, 0.3) is 0 Å². The maximum absolute atomic E-state index is 14.8. The number of nitrogens with zero attached hydrogens (tertiary/aromatic N) is 2. The fourth-order valence-corrected chi connectivity index (χ4v) is 6.08. The molecule has 0 amide bonds. The van der Waals surface area contributed by atoms with Crippen molar-refractivity contribution in [2.24, 2.45) is 10.9 Å². The van der Waals surface area contributed by atoms with Gasteiger partial charge in [0.15, 0.2) is 23.3 Å². The molecule has 1 aromatic carbocycles. The lowest BCUT2D eigenvalue weighted by Gasteiger charge is -2.32. The molecule has 2 heterocycles. The first-order valence-corrected chi connectivity index (χ1v) is 14.1. The van der Waals surface area contributed by atoms with Crippen LogP contribution in [-0.4, -0.2) is 44.6 Å². The summed E-state index contributed by atoms with van der Waals surface area (Å²) in [6, 6.07) is 1.15. The van der Waals surface area contributed by atoms with Crippen LogP contribution in [0.4, 0.5) is 17.6 Å². The minimum atomic E-state index is -3.66. The number of methoxy groups -OCH3 is 1. The van der Waals surface area contributed by atoms with Crippen molar-refractivity contribution in [3.63, 3.8) is 0 Å². The van der Waals surface area contributed by atoms with Gasteiger partial charge in [0.25, 0.3) is 0 Å². The van der Waals surface area contributed by atoms with E-state index >= 15 is 0 Å². The van der Waals surface area contributed by atoms with E-state index in [1.54, 1.807) is 12.2 Å². The van der Waals surface area contributed by atoms with Gasteiger partial charge >= 0.3 is 5.97 Å². The summed E-state index contributed by atoms with van der Waals surface area (Å²) in [7, 11) is -1.23. The van der Waals surface area contributed by atoms with E-state index in [4.69, 9.17) is 16.3 Å². The Hall–Kier alpha value is -3.29. The molecule has 8 nitrogen and oxygen atoms in total. The van der Waals surface area contributed by atoms with Crippen molar-refractivity contribution in [1.29, 1.82) is 0 Å². The number of carbonyl (C=O) groups excluding carboxylic acids is 1. The molecule has 0 spiro atoms. The van der Waals surface area contributed by atoms with Crippen LogP contribution in [-0.2, 0) is 19.6 Å². The number of halogens is 5. The third kappa shape index (κ3) is 5.91. The number of benzene rings is 1. The van der Waals surface area contributed by atoms with Crippen molar-refractivity contribution in [2.75, 3.05) is 14.2 Å². The van der Waals surface area contributed by atoms with Crippen molar-refractivity contribution < 1.29 is 35.5 Å². The summed E-state index contributed by atoms with van der Waals surface area (Å²) in [4.78, 5) is 21.4. The normalized spacial score (nSPS) is 21.8. The number of rotatable bonds is 6. The van der Waals surface area contributed by atoms with E-state index in [9.17, 15) is 30.8 Å². The summed E-state index contributed by atoms with van der Waals surface area (Å²) >= 11 is 6.16. The summed E-state index contributed by atoms with van der Waals surface area (Å²) in [5.41, 5.74) is -0.414. The quantitative estimate of drug-likeness (QED) is 0.219. The molecule has 2 N–H and O–H groups in total. The van der Waals surface area contributed by atoms with Gasteiger partial charge in [-0.3, -0.25) is 4.99 Å². The maximum atomic E-state index is 14.8. The molecule has 0 bridgehead atoms. The van der Waals surface area contributed by atoms with Crippen LogP contribution < -0.4 is 10.0 Å². The predicted octanol–water partition coefficient (Wildman–Crippen LogP) is 4.47. The molecule has 1 unspecified atom stereocenters. The summed E-state index contributed by atoms with van der Waals surface area (Å²) in [5, 5.41) is 1.43. The average Bonchev–Trinajstić information content (AvgIpc) is 2.90. The molecular formula is C26H25ClF4N4O4S. The fourth-order valence-electron chi connectivity index (χ4n) is 4.76. The Balaban J connectivity index is 1.90. The highest BCUT2D eigenvalue weighted by molar-refractivity contribution is 7.90. The Bertz CT molecular complexity index is 1530. The van der Waals surface area contributed by atoms with Gasteiger partial charge in [-0.15, -0.1) is 0 Å². The number of hydrogen-bond acceptors (Lipinski definition) is 7. The highest BCUT2D eigenvalue weighted by atomic mass is 35.5. The van der Waals surface area contributed by atoms with Gasteiger partial charge in [0, 0.05) is 23.2 Å². The van der Waals surface area contributed by atoms with Crippen molar-refractivity contribution in [3.05, 3.63) is 87.4 Å². The number of aromatic nitrogens is 1. The average molecular weight is 601 g/mol. The van der Waals surface area contributed by atoms with Crippen molar-refractivity contribution >= 4 is 33.4 Å². The monoisotopic (exact) mass is 600 g/mol. The van der Waals surface area contributed by atoms with Crippen LogP contribution >= 0.6 is 11.6 Å². The van der Waals surface area contributed by atoms with Gasteiger partial charge < -0.3 is 10.1 Å². The zero-order valence-electron chi connectivity index (χ0n) is 21.4. The van der Waals surface area contributed by atoms with Crippen LogP contribution in [0.15, 0.2) is 52.8 Å². The number of nitrogens with one attached hydrogen (secondary N) is 2. The standard InChI is InChI=1S/C26H25ClF4N4O4S/c1-32-40(37,38)15-6-4-3-5-13(7-8-15)22-19(26(36)39-2)23(16-9-10-17(29)21(31)20(16)27)35-25(34-22)24-18(30)11-14(28)12-33-24/h4,6,9-13,15,23,32H,3,5,7-8H2,1-2H3,(H,34,35)/t13-,15-,23?/m0/s1. The number of amidine groups is 1. The van der Waals surface area contributed by atoms with E-state index in [0.29, 0.717) is 18.9 Å². The van der Waals surface area contributed by atoms with Gasteiger partial charge in [-0.25, -0.2) is 40.5 Å². The van der Waals surface area contributed by atoms with Crippen molar-refractivity contribution in [1.82, 2.24) is 15.0 Å². The lowest BCUT2D eigenvalue weighted by Crippen LogP contribution is -2.38. The third-order valence-electron chi connectivity index (χ3n) is 6.80. The first-order valence-electron chi connectivity index (χ1n) is 12.2. The second-order valence-corrected chi connectivity index (χ2v) is 11.6. The van der Waals surface area contributed by atoms with E-state index < -0.39 is 67.2 Å². The van der Waals surface area contributed by atoms with E-state index in [1.807, 2.05) is 0 Å². The number of hydrogen-bond donors (Lipinski definition) is 2. The predicted molar refractivity (Wildman–Crippen MR) is 140 cm³/mol. The second-order valence-electron chi connectivity index (χ2n) is 9.14. The Morgan fingerprint density at radius 1 is 1.15 bits per heavy atom. The molecule has 2 aromatic rings. The number of esters is 1. The Labute approximate surface area is 233 Å². The third-order valence-corrected chi connectivity index (χ3v) is 8.94. The molecule has 14 heteroatoms. The molecule has 1 aromatic heterocycles. The summed E-state index contributed by atoms with van der Waals surface area (Å²) in [5.74, 6) is -6.22. The Kier molecular flexibility index (Phi) is 8.96. The number of carbonyl (C=O) groups is 1. The number of pyridine rings is 1. The molecule has 0 fully saturated rings. The van der Waals surface area contributed by atoms with Crippen molar-refractivity contribution in [3.8, 4) is 0 Å². The summed E-state index contributed by atoms with van der Waals surface area (Å²) in [6.07, 6.45) is 5.35. The van der Waals surface area contributed by atoms with Gasteiger partial charge in [0.1, 0.15) is 17.6 Å². The Morgan fingerprint density at radius 2 is 1.90 bits per heavy atom. The topological polar surface area (TPSA) is 110 Å². The summed E-state index contributed by atoms with van der Waals surface area (Å²) < 4.78 is 89.3. The zero-order valence-corrected chi connectivity index (χ0v) is 22.9. The van der Waals surface area contributed by atoms with Crippen LogP contribution in [0.2, 0.25) is 5.02 Å². The second kappa shape index (κ2) is 12.1. The molecule has 1 aliphatic carbocycles. The van der Waals surface area contributed by atoms with Gasteiger partial charge in [-0.2, -0.15) is 0 Å². The molecular weight excluding hydrogens is 576 g/mol. The van der Waals surface area contributed by atoms with Crippen LogP contribution in [0.1, 0.15) is 43.0 Å². The minimum Gasteiger partial charge on any atom is -0.466 e. The highest BCUT2D eigenvalue weighted by Gasteiger charge is 2.38. The van der Waals surface area contributed by atoms with Crippen LogP contribution in [0, 0.1) is 29.2 Å². The maximum Gasteiger partial charge on any atom is 0.338 e. The minimum absolute atomic E-state index is 0.107. The lowest BCUT2D eigenvalue weighted by molar-refractivity contribution is -0.136. The first-order chi connectivity index (χ1) is 19.0. The van der Waals surface area contributed by atoms with Gasteiger partial charge in [0.05, 0.1) is 29.2 Å². The largest absolute Gasteiger partial charge is 0.466 e. The number of allylic oxidation sites excluding steroid dienone is 2. The fraction of sp³-hybridized carbons (Fsp3) is 0.346. The molecule has 1 aliphatic heterocycles. The van der Waals surface area contributed by atoms with Crippen molar-refractivity contribution in [2.45, 2.75) is 37.0 Å². The molecule has 0 saturated heterocycles. The van der Waals surface area contributed by atoms with Crippen LogP contribution in [0.5, 0.6) is 0 Å². The SMILES string of the molecule is CNS(=O)(=O)[C@H]1C=CCC[C@H](C2=C(C(=O)OC)C(c3ccc(F)c(F)c3Cl)N=C(c3ncc(F)cc3F)N2)CC1. The zero-order chi connectivity index (χ0) is 29.2. The smallest absolute Gasteiger partial charge is 0.338 e. The van der Waals surface area contributed by atoms with Gasteiger partial charge in [-0.1, -0.05) is 29.8 Å². The number of ether oxygens (including phenoxy) is 1. The summed E-state index contributed by atoms with van der Waals surface area (Å²) in [6.45, 7) is 0. The number of aliphatic imine (C=N–C) groups is 1. The molecule has 214 valence electrons. The molecule has 4 rings (SSSR count). The van der Waals surface area contributed by atoms with Gasteiger partial charge in [0.2, 0.25) is 10.0 Å². The van der Waals surface area contributed by atoms with E-state index in [0.717, 1.165) is 25.4 Å². The lowest BCUT2D eigenvalue weighted by atomic mass is 9.84. The van der Waals surface area contributed by atoms with E-state index in [1.165, 1.54) is 7.05 Å². The molecule has 0 saturated carbocycles. The molecule has 3 atom stereocenters.